The number of hydrogen-bond donors (Lipinski definition) is 2. The zero-order valence-electron chi connectivity index (χ0n) is 22.7. The summed E-state index contributed by atoms with van der Waals surface area (Å²) in [5.41, 5.74) is 2.85. The molecule has 2 aromatic heterocycles. The third-order valence-electron chi connectivity index (χ3n) is 6.79. The van der Waals surface area contributed by atoms with Crippen molar-refractivity contribution in [2.24, 2.45) is 0 Å². The Morgan fingerprint density at radius 1 is 1.13 bits per heavy atom. The highest BCUT2D eigenvalue weighted by Crippen LogP contribution is 2.31. The van der Waals surface area contributed by atoms with Gasteiger partial charge < -0.3 is 24.5 Å². The van der Waals surface area contributed by atoms with E-state index in [-0.39, 0.29) is 5.56 Å². The maximum atomic E-state index is 11.9. The zero-order valence-corrected chi connectivity index (χ0v) is 22.7. The van der Waals surface area contributed by atoms with Gasteiger partial charge >= 0.3 is 0 Å². The van der Waals surface area contributed by atoms with Crippen molar-refractivity contribution >= 4 is 22.4 Å². The standard InChI is InChI=1S/C30H35N5O4/c1-4-38-25-9-10-27-26(17-25)29(32-23-15-20(2)30(36)31-18-23)34-28(33-27)22-7-5-8-24(16-22)39-13-6-11-35-12-14-37-19-21(35)3/h5,7-10,15-18,21H,4,6,11-14,19H2,1-3H3,(H,31,36)(H,32,33,34). The molecular weight excluding hydrogens is 494 g/mol. The molecule has 204 valence electrons. The van der Waals surface area contributed by atoms with Crippen LogP contribution in [0.5, 0.6) is 11.5 Å². The van der Waals surface area contributed by atoms with Crippen LogP contribution >= 0.6 is 0 Å². The number of rotatable bonds is 10. The Balaban J connectivity index is 1.38. The van der Waals surface area contributed by atoms with Gasteiger partial charge in [0.15, 0.2) is 5.82 Å². The number of nitrogens with zero attached hydrogens (tertiary/aromatic N) is 3. The topological polar surface area (TPSA) is 102 Å². The molecule has 3 heterocycles. The van der Waals surface area contributed by atoms with Gasteiger partial charge in [-0.2, -0.15) is 0 Å². The zero-order chi connectivity index (χ0) is 27.2. The smallest absolute Gasteiger partial charge is 0.250 e. The number of pyridine rings is 1. The first-order chi connectivity index (χ1) is 19.0. The maximum Gasteiger partial charge on any atom is 0.250 e. The quantitative estimate of drug-likeness (QED) is 0.279. The van der Waals surface area contributed by atoms with E-state index in [1.807, 2.05) is 49.4 Å². The number of ether oxygens (including phenoxy) is 3. The van der Waals surface area contributed by atoms with Gasteiger partial charge in [0.05, 0.1) is 37.6 Å². The van der Waals surface area contributed by atoms with Crippen molar-refractivity contribution in [1.82, 2.24) is 19.9 Å². The van der Waals surface area contributed by atoms with Crippen molar-refractivity contribution in [1.29, 1.82) is 0 Å². The van der Waals surface area contributed by atoms with Gasteiger partial charge in [-0.25, -0.2) is 9.97 Å². The number of anilines is 2. The molecule has 1 aliphatic rings. The average molecular weight is 530 g/mol. The van der Waals surface area contributed by atoms with Crippen LogP contribution in [0.15, 0.2) is 59.5 Å². The van der Waals surface area contributed by atoms with E-state index in [0.717, 1.165) is 66.4 Å². The molecule has 2 N–H and O–H groups in total. The lowest BCUT2D eigenvalue weighted by atomic mass is 10.1. The Bertz CT molecular complexity index is 1490. The number of fused-ring (bicyclic) bond motifs is 1. The minimum atomic E-state index is -0.122. The van der Waals surface area contributed by atoms with E-state index in [1.165, 1.54) is 0 Å². The lowest BCUT2D eigenvalue weighted by Crippen LogP contribution is -2.44. The van der Waals surface area contributed by atoms with E-state index in [2.05, 4.69) is 22.1 Å². The Morgan fingerprint density at radius 3 is 2.82 bits per heavy atom. The summed E-state index contributed by atoms with van der Waals surface area (Å²) >= 11 is 0. The van der Waals surface area contributed by atoms with Crippen LogP contribution in [0.4, 0.5) is 11.5 Å². The number of aromatic amines is 1. The van der Waals surface area contributed by atoms with Crippen molar-refractivity contribution in [3.8, 4) is 22.9 Å². The van der Waals surface area contributed by atoms with E-state index < -0.39 is 0 Å². The summed E-state index contributed by atoms with van der Waals surface area (Å²) in [7, 11) is 0. The highest BCUT2D eigenvalue weighted by molar-refractivity contribution is 5.93. The predicted molar refractivity (Wildman–Crippen MR) is 153 cm³/mol. The summed E-state index contributed by atoms with van der Waals surface area (Å²) in [6, 6.07) is 15.9. The van der Waals surface area contributed by atoms with Crippen molar-refractivity contribution in [3.63, 3.8) is 0 Å². The highest BCUT2D eigenvalue weighted by atomic mass is 16.5. The number of nitrogens with one attached hydrogen (secondary N) is 2. The van der Waals surface area contributed by atoms with Gasteiger partial charge in [0.2, 0.25) is 0 Å². The molecule has 1 atom stereocenters. The fourth-order valence-electron chi connectivity index (χ4n) is 4.67. The fraction of sp³-hybridized carbons (Fsp3) is 0.367. The van der Waals surface area contributed by atoms with Crippen LogP contribution in [0.2, 0.25) is 0 Å². The van der Waals surface area contributed by atoms with Crippen LogP contribution in [0.3, 0.4) is 0 Å². The van der Waals surface area contributed by atoms with E-state index in [4.69, 9.17) is 24.2 Å². The second-order valence-corrected chi connectivity index (χ2v) is 9.72. The molecular formula is C30H35N5O4. The Kier molecular flexibility index (Phi) is 8.39. The maximum absolute atomic E-state index is 11.9. The van der Waals surface area contributed by atoms with Gasteiger partial charge in [-0.1, -0.05) is 12.1 Å². The molecule has 1 saturated heterocycles. The molecule has 39 heavy (non-hydrogen) atoms. The largest absolute Gasteiger partial charge is 0.494 e. The molecule has 1 aliphatic heterocycles. The third kappa shape index (κ3) is 6.55. The normalized spacial score (nSPS) is 15.8. The Morgan fingerprint density at radius 2 is 2.00 bits per heavy atom. The number of benzene rings is 2. The second kappa shape index (κ2) is 12.3. The van der Waals surface area contributed by atoms with Crippen LogP contribution in [0.1, 0.15) is 25.8 Å². The Labute approximate surface area is 228 Å². The molecule has 0 bridgehead atoms. The SMILES string of the molecule is CCOc1ccc2nc(-c3cccc(OCCCN4CCOCC4C)c3)nc(Nc3c[nH]c(=O)c(C)c3)c2c1. The minimum absolute atomic E-state index is 0.122. The van der Waals surface area contributed by atoms with E-state index in [9.17, 15) is 4.79 Å². The van der Waals surface area contributed by atoms with Gasteiger partial charge in [0, 0.05) is 41.8 Å². The first-order valence-electron chi connectivity index (χ1n) is 13.5. The average Bonchev–Trinajstić information content (AvgIpc) is 2.94. The monoisotopic (exact) mass is 529 g/mol. The summed E-state index contributed by atoms with van der Waals surface area (Å²) in [6.07, 6.45) is 2.58. The lowest BCUT2D eigenvalue weighted by Gasteiger charge is -2.33. The lowest BCUT2D eigenvalue weighted by molar-refractivity contribution is -0.00200. The molecule has 9 nitrogen and oxygen atoms in total. The molecule has 4 aromatic rings. The van der Waals surface area contributed by atoms with Crippen LogP contribution in [-0.4, -0.2) is 65.4 Å². The summed E-state index contributed by atoms with van der Waals surface area (Å²) in [5, 5.41) is 4.18. The summed E-state index contributed by atoms with van der Waals surface area (Å²) in [4.78, 5) is 26.8. The fourth-order valence-corrected chi connectivity index (χ4v) is 4.67. The van der Waals surface area contributed by atoms with Crippen molar-refractivity contribution < 1.29 is 14.2 Å². The summed E-state index contributed by atoms with van der Waals surface area (Å²) < 4.78 is 17.3. The second-order valence-electron chi connectivity index (χ2n) is 9.72. The van der Waals surface area contributed by atoms with Crippen LogP contribution in [0.25, 0.3) is 22.3 Å². The number of aryl methyl sites for hydroxylation is 1. The van der Waals surface area contributed by atoms with Gasteiger partial charge in [0.25, 0.3) is 5.56 Å². The molecule has 0 radical (unpaired) electrons. The third-order valence-corrected chi connectivity index (χ3v) is 6.79. The summed E-state index contributed by atoms with van der Waals surface area (Å²) in [6.45, 7) is 10.7. The van der Waals surface area contributed by atoms with Gasteiger partial charge in [-0.3, -0.25) is 9.69 Å². The molecule has 9 heteroatoms. The predicted octanol–water partition coefficient (Wildman–Crippen LogP) is 4.93. The first kappa shape index (κ1) is 26.6. The van der Waals surface area contributed by atoms with Crippen molar-refractivity contribution in [2.45, 2.75) is 33.2 Å². The molecule has 5 rings (SSSR count). The molecule has 1 unspecified atom stereocenters. The van der Waals surface area contributed by atoms with E-state index in [0.29, 0.717) is 36.5 Å². The van der Waals surface area contributed by atoms with E-state index >= 15 is 0 Å². The summed E-state index contributed by atoms with van der Waals surface area (Å²) in [5.74, 6) is 2.71. The molecule has 0 aliphatic carbocycles. The van der Waals surface area contributed by atoms with Gasteiger partial charge in [0.1, 0.15) is 17.3 Å². The molecule has 1 fully saturated rings. The molecule has 0 amide bonds. The first-order valence-corrected chi connectivity index (χ1v) is 13.5. The van der Waals surface area contributed by atoms with Gasteiger partial charge in [-0.05, 0) is 63.6 Å². The Hall–Kier alpha value is -3.95. The number of aromatic nitrogens is 3. The van der Waals surface area contributed by atoms with Crippen LogP contribution < -0.4 is 20.3 Å². The van der Waals surface area contributed by atoms with E-state index in [1.54, 1.807) is 19.2 Å². The van der Waals surface area contributed by atoms with Crippen molar-refractivity contribution in [3.05, 3.63) is 70.6 Å². The van der Waals surface area contributed by atoms with Gasteiger partial charge in [-0.15, -0.1) is 0 Å². The number of hydrogen-bond acceptors (Lipinski definition) is 8. The highest BCUT2D eigenvalue weighted by Gasteiger charge is 2.18. The molecule has 0 saturated carbocycles. The molecule has 0 spiro atoms. The molecule has 2 aromatic carbocycles. The number of morpholine rings is 1. The van der Waals surface area contributed by atoms with Crippen molar-refractivity contribution in [2.75, 3.05) is 44.8 Å². The van der Waals surface area contributed by atoms with Crippen LogP contribution in [-0.2, 0) is 4.74 Å². The van der Waals surface area contributed by atoms with Crippen LogP contribution in [0, 0.1) is 6.92 Å². The minimum Gasteiger partial charge on any atom is -0.494 e. The number of H-pyrrole nitrogens is 1.